The van der Waals surface area contributed by atoms with E-state index in [0.717, 1.165) is 0 Å². The van der Waals surface area contributed by atoms with Crippen LogP contribution in [-0.2, 0) is 10.0 Å². The van der Waals surface area contributed by atoms with Crippen molar-refractivity contribution < 1.29 is 17.5 Å². The molecule has 2 aromatic carbocycles. The van der Waals surface area contributed by atoms with E-state index in [-0.39, 0.29) is 16.6 Å². The van der Waals surface area contributed by atoms with Gasteiger partial charge in [0.25, 0.3) is 0 Å². The van der Waals surface area contributed by atoms with Gasteiger partial charge in [-0.3, -0.25) is 0 Å². The molecule has 3 rings (SSSR count). The molecule has 0 unspecified atom stereocenters. The topological polar surface area (TPSA) is 107 Å². The SMILES string of the molecule is COc1ccc(-c2ccnc(Nc3ccc(C)c(S(N)(=O)=O)c3)n2)cc1F. The number of halogens is 1. The normalized spacial score (nSPS) is 11.3. The Balaban J connectivity index is 1.92. The van der Waals surface area contributed by atoms with Crippen LogP contribution in [0.5, 0.6) is 5.75 Å². The van der Waals surface area contributed by atoms with Crippen molar-refractivity contribution in [3.05, 3.63) is 60.0 Å². The summed E-state index contributed by atoms with van der Waals surface area (Å²) in [6, 6.07) is 10.9. The van der Waals surface area contributed by atoms with Gasteiger partial charge in [-0.25, -0.2) is 27.9 Å². The number of nitrogens with one attached hydrogen (secondary N) is 1. The van der Waals surface area contributed by atoms with Crippen LogP contribution in [0.3, 0.4) is 0 Å². The Morgan fingerprint density at radius 1 is 1.15 bits per heavy atom. The molecule has 3 N–H and O–H groups in total. The van der Waals surface area contributed by atoms with E-state index in [2.05, 4.69) is 15.3 Å². The van der Waals surface area contributed by atoms with Gasteiger partial charge in [0.15, 0.2) is 11.6 Å². The van der Waals surface area contributed by atoms with Crippen molar-refractivity contribution in [3.63, 3.8) is 0 Å². The molecule has 1 aromatic heterocycles. The highest BCUT2D eigenvalue weighted by atomic mass is 32.2. The average molecular weight is 388 g/mol. The molecule has 9 heteroatoms. The van der Waals surface area contributed by atoms with Crippen LogP contribution in [0.2, 0.25) is 0 Å². The minimum absolute atomic E-state index is 0.0147. The first-order valence-electron chi connectivity index (χ1n) is 7.85. The van der Waals surface area contributed by atoms with E-state index in [9.17, 15) is 12.8 Å². The Morgan fingerprint density at radius 3 is 2.59 bits per heavy atom. The number of anilines is 2. The highest BCUT2D eigenvalue weighted by Gasteiger charge is 2.13. The van der Waals surface area contributed by atoms with Gasteiger partial charge in [0, 0.05) is 17.4 Å². The number of sulfonamides is 1. The molecule has 0 bridgehead atoms. The van der Waals surface area contributed by atoms with Gasteiger partial charge in [-0.2, -0.15) is 0 Å². The molecule has 1 heterocycles. The van der Waals surface area contributed by atoms with E-state index in [4.69, 9.17) is 9.88 Å². The Bertz CT molecular complexity index is 1100. The van der Waals surface area contributed by atoms with Crippen LogP contribution >= 0.6 is 0 Å². The molecule has 0 radical (unpaired) electrons. The van der Waals surface area contributed by atoms with Gasteiger partial charge in [0.2, 0.25) is 16.0 Å². The molecule has 0 saturated carbocycles. The minimum atomic E-state index is -3.85. The number of methoxy groups -OCH3 is 1. The first kappa shape index (κ1) is 18.7. The summed E-state index contributed by atoms with van der Waals surface area (Å²) in [7, 11) is -2.45. The molecular formula is C18H17FN4O3S. The summed E-state index contributed by atoms with van der Waals surface area (Å²) < 4.78 is 42.1. The zero-order valence-corrected chi connectivity index (χ0v) is 15.4. The second-order valence-corrected chi connectivity index (χ2v) is 7.29. The van der Waals surface area contributed by atoms with Gasteiger partial charge in [-0.05, 0) is 48.9 Å². The van der Waals surface area contributed by atoms with Crippen molar-refractivity contribution in [2.75, 3.05) is 12.4 Å². The number of rotatable bonds is 5. The lowest BCUT2D eigenvalue weighted by atomic mass is 10.1. The molecule has 0 atom stereocenters. The first-order chi connectivity index (χ1) is 12.8. The highest BCUT2D eigenvalue weighted by molar-refractivity contribution is 7.89. The summed E-state index contributed by atoms with van der Waals surface area (Å²) in [5.74, 6) is -0.131. The largest absolute Gasteiger partial charge is 0.494 e. The van der Waals surface area contributed by atoms with Crippen LogP contribution in [0.4, 0.5) is 16.0 Å². The van der Waals surface area contributed by atoms with Crippen LogP contribution in [0, 0.1) is 12.7 Å². The van der Waals surface area contributed by atoms with Crippen molar-refractivity contribution in [3.8, 4) is 17.0 Å². The van der Waals surface area contributed by atoms with E-state index >= 15 is 0 Å². The number of ether oxygens (including phenoxy) is 1. The molecular weight excluding hydrogens is 371 g/mol. The molecule has 0 fully saturated rings. The number of aromatic nitrogens is 2. The third kappa shape index (κ3) is 4.21. The molecule has 140 valence electrons. The Morgan fingerprint density at radius 2 is 1.93 bits per heavy atom. The van der Waals surface area contributed by atoms with Crippen LogP contribution in [0.25, 0.3) is 11.3 Å². The van der Waals surface area contributed by atoms with Crippen molar-refractivity contribution in [2.45, 2.75) is 11.8 Å². The number of nitrogens with zero attached hydrogens (tertiary/aromatic N) is 2. The predicted octanol–water partition coefficient (Wildman–Crippen LogP) is 2.99. The summed E-state index contributed by atoms with van der Waals surface area (Å²) in [6.45, 7) is 1.65. The smallest absolute Gasteiger partial charge is 0.238 e. The van der Waals surface area contributed by atoms with Crippen molar-refractivity contribution in [1.82, 2.24) is 9.97 Å². The summed E-state index contributed by atoms with van der Waals surface area (Å²) in [5.41, 5.74) is 2.04. The van der Waals surface area contributed by atoms with Gasteiger partial charge in [-0.1, -0.05) is 6.07 Å². The fourth-order valence-corrected chi connectivity index (χ4v) is 3.33. The van der Waals surface area contributed by atoms with E-state index < -0.39 is 15.8 Å². The molecule has 0 amide bonds. The fraction of sp³-hybridized carbons (Fsp3) is 0.111. The maximum atomic E-state index is 13.9. The van der Waals surface area contributed by atoms with Gasteiger partial charge in [-0.15, -0.1) is 0 Å². The minimum Gasteiger partial charge on any atom is -0.494 e. The average Bonchev–Trinajstić information content (AvgIpc) is 2.62. The second kappa shape index (κ2) is 7.29. The summed E-state index contributed by atoms with van der Waals surface area (Å²) >= 11 is 0. The third-order valence-electron chi connectivity index (χ3n) is 3.85. The lowest BCUT2D eigenvalue weighted by molar-refractivity contribution is 0.386. The predicted molar refractivity (Wildman–Crippen MR) is 99.8 cm³/mol. The Kier molecular flexibility index (Phi) is 5.06. The number of aryl methyl sites for hydroxylation is 1. The van der Waals surface area contributed by atoms with E-state index in [1.165, 1.54) is 31.5 Å². The fourth-order valence-electron chi connectivity index (χ4n) is 2.52. The monoisotopic (exact) mass is 388 g/mol. The van der Waals surface area contributed by atoms with Crippen molar-refractivity contribution in [2.24, 2.45) is 5.14 Å². The highest BCUT2D eigenvalue weighted by Crippen LogP contribution is 2.26. The van der Waals surface area contributed by atoms with Crippen molar-refractivity contribution in [1.29, 1.82) is 0 Å². The van der Waals surface area contributed by atoms with Gasteiger partial charge >= 0.3 is 0 Å². The maximum absolute atomic E-state index is 13.9. The molecule has 0 aliphatic carbocycles. The van der Waals surface area contributed by atoms with E-state index in [0.29, 0.717) is 22.5 Å². The standard InChI is InChI=1S/C18H17FN4O3S/c1-11-3-5-13(10-17(11)27(20,24)25)22-18-21-8-7-15(23-18)12-4-6-16(26-2)14(19)9-12/h3-10H,1-2H3,(H2,20,24,25)(H,21,22,23). The number of nitrogens with two attached hydrogens (primary N) is 1. The molecule has 7 nitrogen and oxygen atoms in total. The zero-order chi connectivity index (χ0) is 19.6. The Hall–Kier alpha value is -3.04. The third-order valence-corrected chi connectivity index (χ3v) is 4.91. The summed E-state index contributed by atoms with van der Waals surface area (Å²) in [6.07, 6.45) is 1.52. The van der Waals surface area contributed by atoms with E-state index in [1.807, 2.05) is 0 Å². The number of hydrogen-bond acceptors (Lipinski definition) is 6. The molecule has 0 saturated heterocycles. The van der Waals surface area contributed by atoms with Crippen LogP contribution in [0.1, 0.15) is 5.56 Å². The van der Waals surface area contributed by atoms with Gasteiger partial charge in [0.05, 0.1) is 17.7 Å². The number of hydrogen-bond donors (Lipinski definition) is 2. The van der Waals surface area contributed by atoms with Crippen LogP contribution < -0.4 is 15.2 Å². The Labute approximate surface area is 156 Å². The summed E-state index contributed by atoms with van der Waals surface area (Å²) in [5, 5.41) is 8.16. The number of benzene rings is 2. The van der Waals surface area contributed by atoms with Gasteiger partial charge in [0.1, 0.15) is 0 Å². The molecule has 27 heavy (non-hydrogen) atoms. The quantitative estimate of drug-likeness (QED) is 0.696. The molecule has 3 aromatic rings. The van der Waals surface area contributed by atoms with Crippen molar-refractivity contribution >= 4 is 21.7 Å². The van der Waals surface area contributed by atoms with Crippen LogP contribution in [0.15, 0.2) is 53.6 Å². The lowest BCUT2D eigenvalue weighted by Crippen LogP contribution is -2.14. The lowest BCUT2D eigenvalue weighted by Gasteiger charge is -2.10. The van der Waals surface area contributed by atoms with Crippen LogP contribution in [-0.4, -0.2) is 25.5 Å². The second-order valence-electron chi connectivity index (χ2n) is 5.77. The van der Waals surface area contributed by atoms with E-state index in [1.54, 1.807) is 31.2 Å². The molecule has 0 spiro atoms. The number of primary sulfonamides is 1. The summed E-state index contributed by atoms with van der Waals surface area (Å²) in [4.78, 5) is 8.46. The first-order valence-corrected chi connectivity index (χ1v) is 9.40. The molecule has 0 aliphatic rings. The maximum Gasteiger partial charge on any atom is 0.238 e. The molecule has 0 aliphatic heterocycles. The van der Waals surface area contributed by atoms with Gasteiger partial charge < -0.3 is 10.1 Å². The zero-order valence-electron chi connectivity index (χ0n) is 14.6.